The normalized spacial score (nSPS) is 10.7. The van der Waals surface area contributed by atoms with E-state index in [-0.39, 0.29) is 17.4 Å². The predicted octanol–water partition coefficient (Wildman–Crippen LogP) is 5.73. The maximum atomic E-state index is 11.7. The number of benzene rings is 2. The molecule has 4 aromatic rings. The summed E-state index contributed by atoms with van der Waals surface area (Å²) in [6.45, 7) is 0. The number of anilines is 2. The number of rotatable bonds is 7. The standard InChI is InChI=1S/C21H15N7O3/c29-28(30)19-20(23-14-24-21(19)31-18-7-4-12-22-13-18)25-15-8-10-17(11-9-15)27-26-16-5-2-1-3-6-16/h1-14H,(H,23,24,25). The molecule has 2 aromatic carbocycles. The third-order valence-corrected chi connectivity index (χ3v) is 3.99. The zero-order valence-electron chi connectivity index (χ0n) is 16.0. The highest BCUT2D eigenvalue weighted by molar-refractivity contribution is 5.69. The second-order valence-corrected chi connectivity index (χ2v) is 6.13. The number of azo groups is 1. The highest BCUT2D eigenvalue weighted by Gasteiger charge is 2.25. The maximum Gasteiger partial charge on any atom is 0.373 e. The van der Waals surface area contributed by atoms with Crippen LogP contribution in [0.5, 0.6) is 11.6 Å². The van der Waals surface area contributed by atoms with Gasteiger partial charge in [0, 0.05) is 11.9 Å². The molecule has 31 heavy (non-hydrogen) atoms. The Labute approximate surface area is 176 Å². The minimum absolute atomic E-state index is 0.00227. The van der Waals surface area contributed by atoms with Crippen molar-refractivity contribution in [2.45, 2.75) is 0 Å². The van der Waals surface area contributed by atoms with Crippen molar-refractivity contribution in [1.82, 2.24) is 15.0 Å². The summed E-state index contributed by atoms with van der Waals surface area (Å²) in [5.74, 6) is 0.129. The average molecular weight is 413 g/mol. The minimum atomic E-state index is -0.601. The molecule has 2 heterocycles. The highest BCUT2D eigenvalue weighted by Crippen LogP contribution is 2.35. The van der Waals surface area contributed by atoms with Crippen LogP contribution in [-0.4, -0.2) is 19.9 Å². The molecule has 4 rings (SSSR count). The summed E-state index contributed by atoms with van der Waals surface area (Å²) >= 11 is 0. The first-order valence-corrected chi connectivity index (χ1v) is 9.10. The van der Waals surface area contributed by atoms with Gasteiger partial charge in [-0.25, -0.2) is 4.98 Å². The lowest BCUT2D eigenvalue weighted by Crippen LogP contribution is -2.03. The molecule has 0 spiro atoms. The second-order valence-electron chi connectivity index (χ2n) is 6.13. The molecule has 10 heteroatoms. The summed E-state index contributed by atoms with van der Waals surface area (Å²) in [7, 11) is 0. The van der Waals surface area contributed by atoms with E-state index in [2.05, 4.69) is 30.5 Å². The number of ether oxygens (including phenoxy) is 1. The number of nitrogens with zero attached hydrogens (tertiary/aromatic N) is 6. The molecule has 0 amide bonds. The van der Waals surface area contributed by atoms with Gasteiger partial charge in [-0.15, -0.1) is 0 Å². The van der Waals surface area contributed by atoms with Gasteiger partial charge in [0.05, 0.1) is 22.5 Å². The van der Waals surface area contributed by atoms with Crippen molar-refractivity contribution in [3.63, 3.8) is 0 Å². The SMILES string of the molecule is O=[N+]([O-])c1c(Nc2ccc(N=Nc3ccccc3)cc2)ncnc1Oc1cccnc1. The van der Waals surface area contributed by atoms with E-state index >= 15 is 0 Å². The summed E-state index contributed by atoms with van der Waals surface area (Å²) in [5, 5.41) is 22.9. The van der Waals surface area contributed by atoms with E-state index in [1.807, 2.05) is 30.3 Å². The van der Waals surface area contributed by atoms with Crippen LogP contribution in [-0.2, 0) is 0 Å². The molecule has 0 fully saturated rings. The Kier molecular flexibility index (Phi) is 5.80. The van der Waals surface area contributed by atoms with Crippen molar-refractivity contribution in [1.29, 1.82) is 0 Å². The molecular weight excluding hydrogens is 398 g/mol. The molecule has 0 unspecified atom stereocenters. The van der Waals surface area contributed by atoms with Crippen LogP contribution < -0.4 is 10.1 Å². The van der Waals surface area contributed by atoms with Crippen molar-refractivity contribution in [2.24, 2.45) is 10.2 Å². The number of hydrogen-bond acceptors (Lipinski definition) is 9. The van der Waals surface area contributed by atoms with Crippen molar-refractivity contribution in [3.05, 3.63) is 95.6 Å². The summed E-state index contributed by atoms with van der Waals surface area (Å²) in [5.41, 5.74) is 1.56. The summed E-state index contributed by atoms with van der Waals surface area (Å²) in [6.07, 6.45) is 4.18. The van der Waals surface area contributed by atoms with Crippen molar-refractivity contribution >= 4 is 28.6 Å². The summed E-state index contributed by atoms with van der Waals surface area (Å²) in [4.78, 5) is 22.9. The van der Waals surface area contributed by atoms with Gasteiger partial charge in [-0.3, -0.25) is 15.1 Å². The van der Waals surface area contributed by atoms with E-state index in [9.17, 15) is 10.1 Å². The van der Waals surface area contributed by atoms with E-state index in [1.54, 1.807) is 42.6 Å². The highest BCUT2D eigenvalue weighted by atomic mass is 16.6. The Hall–Kier alpha value is -4.73. The van der Waals surface area contributed by atoms with E-state index in [1.165, 1.54) is 12.5 Å². The van der Waals surface area contributed by atoms with Crippen molar-refractivity contribution in [2.75, 3.05) is 5.32 Å². The largest absolute Gasteiger partial charge is 0.432 e. The molecule has 0 bridgehead atoms. The smallest absolute Gasteiger partial charge is 0.373 e. The molecule has 152 valence electrons. The Bertz CT molecular complexity index is 1200. The van der Waals surface area contributed by atoms with Crippen LogP contribution in [0.25, 0.3) is 0 Å². The Balaban J connectivity index is 1.54. The zero-order valence-corrected chi connectivity index (χ0v) is 16.0. The number of pyridine rings is 1. The summed E-state index contributed by atoms with van der Waals surface area (Å²) < 4.78 is 5.52. The lowest BCUT2D eigenvalue weighted by molar-refractivity contribution is -0.385. The lowest BCUT2D eigenvalue weighted by Gasteiger charge is -2.09. The Morgan fingerprint density at radius 1 is 0.903 bits per heavy atom. The molecule has 0 aliphatic rings. The van der Waals surface area contributed by atoms with E-state index in [4.69, 9.17) is 4.74 Å². The molecule has 2 aromatic heterocycles. The number of nitro groups is 1. The first-order chi connectivity index (χ1) is 15.2. The molecule has 0 radical (unpaired) electrons. The fourth-order valence-electron chi connectivity index (χ4n) is 2.57. The quantitative estimate of drug-likeness (QED) is 0.233. The van der Waals surface area contributed by atoms with Crippen LogP contribution in [0.3, 0.4) is 0 Å². The molecule has 0 atom stereocenters. The van der Waals surface area contributed by atoms with Crippen LogP contribution >= 0.6 is 0 Å². The van der Waals surface area contributed by atoms with E-state index in [0.717, 1.165) is 5.69 Å². The van der Waals surface area contributed by atoms with Crippen molar-refractivity contribution < 1.29 is 9.66 Å². The van der Waals surface area contributed by atoms with E-state index in [0.29, 0.717) is 17.1 Å². The first kappa shape index (κ1) is 19.6. The van der Waals surface area contributed by atoms with Crippen molar-refractivity contribution in [3.8, 4) is 11.6 Å². The Morgan fingerprint density at radius 3 is 2.32 bits per heavy atom. The lowest BCUT2D eigenvalue weighted by atomic mass is 10.3. The fraction of sp³-hybridized carbons (Fsp3) is 0. The van der Waals surface area contributed by atoms with Crippen LogP contribution in [0, 0.1) is 10.1 Å². The number of aromatic nitrogens is 3. The zero-order chi connectivity index (χ0) is 21.5. The van der Waals surface area contributed by atoms with Crippen LogP contribution in [0.2, 0.25) is 0 Å². The number of nitrogens with one attached hydrogen (secondary N) is 1. The topological polar surface area (TPSA) is 128 Å². The van der Waals surface area contributed by atoms with Gasteiger partial charge in [0.15, 0.2) is 0 Å². The van der Waals surface area contributed by atoms with Crippen LogP contribution in [0.4, 0.5) is 28.6 Å². The fourth-order valence-corrected chi connectivity index (χ4v) is 2.57. The predicted molar refractivity (Wildman–Crippen MR) is 113 cm³/mol. The third-order valence-electron chi connectivity index (χ3n) is 3.99. The first-order valence-electron chi connectivity index (χ1n) is 9.10. The number of hydrogen-bond donors (Lipinski definition) is 1. The molecule has 0 aliphatic carbocycles. The third kappa shape index (κ3) is 5.01. The molecule has 10 nitrogen and oxygen atoms in total. The molecule has 1 N–H and O–H groups in total. The van der Waals surface area contributed by atoms with Gasteiger partial charge in [-0.2, -0.15) is 15.2 Å². The molecule has 0 saturated heterocycles. The van der Waals surface area contributed by atoms with Crippen LogP contribution in [0.1, 0.15) is 0 Å². The second kappa shape index (κ2) is 9.18. The van der Waals surface area contributed by atoms with Gasteiger partial charge in [-0.05, 0) is 48.5 Å². The van der Waals surface area contributed by atoms with Gasteiger partial charge < -0.3 is 10.1 Å². The Morgan fingerprint density at radius 2 is 1.65 bits per heavy atom. The molecular formula is C21H15N7O3. The van der Waals surface area contributed by atoms with Gasteiger partial charge in [0.25, 0.3) is 0 Å². The average Bonchev–Trinajstić information content (AvgIpc) is 2.80. The van der Waals surface area contributed by atoms with Gasteiger partial charge >= 0.3 is 11.6 Å². The monoisotopic (exact) mass is 413 g/mol. The van der Waals surface area contributed by atoms with Crippen LogP contribution in [0.15, 0.2) is 95.7 Å². The van der Waals surface area contributed by atoms with E-state index < -0.39 is 4.92 Å². The van der Waals surface area contributed by atoms with Gasteiger partial charge in [0.2, 0.25) is 5.82 Å². The maximum absolute atomic E-state index is 11.7. The summed E-state index contributed by atoms with van der Waals surface area (Å²) in [6, 6.07) is 19.5. The minimum Gasteiger partial charge on any atom is -0.432 e. The van der Waals surface area contributed by atoms with Gasteiger partial charge in [-0.1, -0.05) is 18.2 Å². The van der Waals surface area contributed by atoms with Gasteiger partial charge in [0.1, 0.15) is 12.1 Å². The molecule has 0 saturated carbocycles. The molecule has 0 aliphatic heterocycles.